The fourth-order valence-electron chi connectivity index (χ4n) is 1.36. The molecule has 0 spiro atoms. The van der Waals surface area contributed by atoms with Gasteiger partial charge in [-0.1, -0.05) is 54.9 Å². The van der Waals surface area contributed by atoms with Gasteiger partial charge in [-0.3, -0.25) is 6.08 Å². The molecule has 0 amide bonds. The number of hydrogen-bond donors (Lipinski definition) is 0. The minimum atomic E-state index is 0. The molecule has 0 aromatic heterocycles. The van der Waals surface area contributed by atoms with Gasteiger partial charge in [-0.2, -0.15) is 45.3 Å². The van der Waals surface area contributed by atoms with Crippen LogP contribution < -0.4 is 0 Å². The third-order valence-electron chi connectivity index (χ3n) is 2.49. The SMILES string of the molecule is CCC1=[C-]CC=C1.CC[N-]CC.CC[N-]CC.CC[N-]CC.[Hf+4]. The monoisotopic (exact) mass is 489 g/mol. The van der Waals surface area contributed by atoms with Crippen LogP contribution in [0.5, 0.6) is 0 Å². The van der Waals surface area contributed by atoms with Gasteiger partial charge in [0.2, 0.25) is 0 Å². The van der Waals surface area contributed by atoms with Gasteiger partial charge < -0.3 is 16.0 Å². The molecule has 0 unspecified atom stereocenters. The average Bonchev–Trinajstić information content (AvgIpc) is 3.05. The Balaban J connectivity index is -0.000000105. The molecule has 0 radical (unpaired) electrons. The van der Waals surface area contributed by atoms with E-state index in [4.69, 9.17) is 0 Å². The zero-order valence-corrected chi connectivity index (χ0v) is 20.2. The summed E-state index contributed by atoms with van der Waals surface area (Å²) in [6.45, 7) is 20.2. The first-order valence-electron chi connectivity index (χ1n) is 8.83. The number of rotatable bonds is 7. The Bertz CT molecular complexity index is 208. The summed E-state index contributed by atoms with van der Waals surface area (Å²) in [4.78, 5) is 0. The van der Waals surface area contributed by atoms with E-state index < -0.39 is 0 Å². The maximum Gasteiger partial charge on any atom is 4.00 e. The van der Waals surface area contributed by atoms with Gasteiger partial charge in [0.15, 0.2) is 0 Å². The third-order valence-corrected chi connectivity index (χ3v) is 2.49. The predicted octanol–water partition coefficient (Wildman–Crippen LogP) is 6.28. The van der Waals surface area contributed by atoms with Gasteiger partial charge in [0.1, 0.15) is 0 Å². The van der Waals surface area contributed by atoms with Crippen LogP contribution in [0, 0.1) is 6.08 Å². The molecule has 0 aromatic rings. The summed E-state index contributed by atoms with van der Waals surface area (Å²) in [7, 11) is 0. The topological polar surface area (TPSA) is 42.3 Å². The molecule has 1 aliphatic rings. The Morgan fingerprint density at radius 2 is 1.09 bits per heavy atom. The van der Waals surface area contributed by atoms with Gasteiger partial charge >= 0.3 is 25.8 Å². The number of nitrogens with zero attached hydrogens (tertiary/aromatic N) is 3. The van der Waals surface area contributed by atoms with E-state index in [0.29, 0.717) is 0 Å². The minimum Gasteiger partial charge on any atom is -0.663 e. The van der Waals surface area contributed by atoms with E-state index in [1.807, 2.05) is 41.5 Å². The molecule has 1 rings (SSSR count). The van der Waals surface area contributed by atoms with Crippen molar-refractivity contribution in [3.05, 3.63) is 39.8 Å². The van der Waals surface area contributed by atoms with Crippen molar-refractivity contribution in [2.24, 2.45) is 0 Å². The Hall–Kier alpha value is 0.230. The van der Waals surface area contributed by atoms with Crippen molar-refractivity contribution in [3.63, 3.8) is 0 Å². The number of hydrogen-bond acceptors (Lipinski definition) is 0. The molecule has 0 N–H and O–H groups in total. The molecule has 0 fully saturated rings. The van der Waals surface area contributed by atoms with Crippen LogP contribution in [0.25, 0.3) is 16.0 Å². The summed E-state index contributed by atoms with van der Waals surface area (Å²) in [5.74, 6) is 0. The molecule has 0 bridgehead atoms. The second-order valence-electron chi connectivity index (χ2n) is 4.23. The summed E-state index contributed by atoms with van der Waals surface area (Å²) in [6, 6.07) is 0. The first-order valence-corrected chi connectivity index (χ1v) is 8.83. The largest absolute Gasteiger partial charge is 4.00 e. The van der Waals surface area contributed by atoms with Crippen LogP contribution in [0.2, 0.25) is 0 Å². The molecular weight excluding hydrogens is 449 g/mol. The Morgan fingerprint density at radius 1 is 0.739 bits per heavy atom. The Morgan fingerprint density at radius 3 is 1.17 bits per heavy atom. The van der Waals surface area contributed by atoms with Crippen molar-refractivity contribution >= 4 is 0 Å². The van der Waals surface area contributed by atoms with Crippen molar-refractivity contribution in [2.45, 2.75) is 61.3 Å². The second kappa shape index (κ2) is 33.7. The number of allylic oxidation sites excluding steroid dienone is 4. The van der Waals surface area contributed by atoms with Gasteiger partial charge in [0.25, 0.3) is 0 Å². The quantitative estimate of drug-likeness (QED) is 0.299. The summed E-state index contributed by atoms with van der Waals surface area (Å²) < 4.78 is 0. The van der Waals surface area contributed by atoms with E-state index in [9.17, 15) is 0 Å². The maximum atomic E-state index is 3.97. The average molecular weight is 488 g/mol. The van der Waals surface area contributed by atoms with Crippen LogP contribution in [0.3, 0.4) is 0 Å². The molecule has 1 aliphatic carbocycles. The molecule has 4 heteroatoms. The summed E-state index contributed by atoms with van der Waals surface area (Å²) in [5, 5.41) is 11.9. The molecule has 0 aliphatic heterocycles. The molecule has 0 heterocycles. The second-order valence-corrected chi connectivity index (χ2v) is 4.23. The van der Waals surface area contributed by atoms with E-state index in [2.05, 4.69) is 41.1 Å². The fraction of sp³-hybridized carbons (Fsp3) is 0.789. The van der Waals surface area contributed by atoms with Crippen molar-refractivity contribution in [1.82, 2.24) is 0 Å². The van der Waals surface area contributed by atoms with Crippen LogP contribution in [-0.2, 0) is 25.8 Å². The van der Waals surface area contributed by atoms with Crippen molar-refractivity contribution in [3.8, 4) is 0 Å². The molecule has 0 saturated heterocycles. The van der Waals surface area contributed by atoms with Crippen LogP contribution in [-0.4, -0.2) is 39.3 Å². The molecule has 0 saturated carbocycles. The zero-order valence-electron chi connectivity index (χ0n) is 16.7. The van der Waals surface area contributed by atoms with Crippen LogP contribution in [0.4, 0.5) is 0 Å². The van der Waals surface area contributed by atoms with Crippen LogP contribution >= 0.6 is 0 Å². The smallest absolute Gasteiger partial charge is 0.663 e. The van der Waals surface area contributed by atoms with E-state index in [1.165, 1.54) is 5.57 Å². The predicted molar refractivity (Wildman–Crippen MR) is 104 cm³/mol. The molecule has 134 valence electrons. The van der Waals surface area contributed by atoms with Gasteiger partial charge in [-0.05, 0) is 0 Å². The standard InChI is InChI=1S/C7H9.3C4H10N.Hf/c1-2-7-5-3-4-6-7;3*1-3-5-4-2;/h3,5H,2,4H2,1H3;3*3-4H2,1-2H3;/q4*-1;+4. The molecule has 0 atom stereocenters. The van der Waals surface area contributed by atoms with E-state index in [-0.39, 0.29) is 25.8 Å². The minimum absolute atomic E-state index is 0. The summed E-state index contributed by atoms with van der Waals surface area (Å²) in [5.41, 5.74) is 1.36. The van der Waals surface area contributed by atoms with Gasteiger partial charge in [-0.25, -0.2) is 11.6 Å². The van der Waals surface area contributed by atoms with Crippen molar-refractivity contribution in [1.29, 1.82) is 0 Å². The van der Waals surface area contributed by atoms with Gasteiger partial charge in [0.05, 0.1) is 0 Å². The van der Waals surface area contributed by atoms with Gasteiger partial charge in [-0.15, -0.1) is 6.42 Å². The summed E-state index contributed by atoms with van der Waals surface area (Å²) in [6.07, 6.45) is 9.65. The molecule has 3 nitrogen and oxygen atoms in total. The normalized spacial score (nSPS) is 10.8. The molecule has 23 heavy (non-hydrogen) atoms. The Kier molecular flexibility index (Phi) is 45.6. The maximum absolute atomic E-state index is 3.97. The zero-order chi connectivity index (χ0) is 17.5. The third kappa shape index (κ3) is 39.2. The van der Waals surface area contributed by atoms with E-state index in [0.717, 1.165) is 52.1 Å². The van der Waals surface area contributed by atoms with E-state index in [1.54, 1.807) is 0 Å². The van der Waals surface area contributed by atoms with E-state index >= 15 is 0 Å². The van der Waals surface area contributed by atoms with Crippen LogP contribution in [0.1, 0.15) is 61.3 Å². The fourth-order valence-corrected chi connectivity index (χ4v) is 1.36. The first kappa shape index (κ1) is 31.0. The molecule has 0 aromatic carbocycles. The van der Waals surface area contributed by atoms with Gasteiger partial charge in [0, 0.05) is 0 Å². The van der Waals surface area contributed by atoms with Crippen molar-refractivity contribution in [2.75, 3.05) is 39.3 Å². The molecular formula is C19H39HfN3. The van der Waals surface area contributed by atoms with Crippen LogP contribution in [0.15, 0.2) is 17.7 Å². The first-order chi connectivity index (χ1) is 10.7. The summed E-state index contributed by atoms with van der Waals surface area (Å²) >= 11 is 0. The Labute approximate surface area is 165 Å². The van der Waals surface area contributed by atoms with Crippen molar-refractivity contribution < 1.29 is 25.8 Å².